The summed E-state index contributed by atoms with van der Waals surface area (Å²) in [5, 5.41) is 0.432. The van der Waals surface area contributed by atoms with Crippen LogP contribution in [0.4, 0.5) is 4.39 Å². The Morgan fingerprint density at radius 1 is 0.868 bits per heavy atom. The molecule has 1 aromatic heterocycles. The van der Waals surface area contributed by atoms with E-state index in [1.807, 2.05) is 67.6 Å². The Hall–Kier alpha value is -4.71. The number of halogens is 1. The molecule has 0 fully saturated rings. The van der Waals surface area contributed by atoms with Crippen LogP contribution in [0, 0.1) is 12.7 Å². The SMILES string of the molecule is Cc1ccc2oc3c(c(=O)c2c1)C(c1cccc(OCc2ccccc2)c1)N(Cc1ccc(F)cc1)C3=O. The van der Waals surface area contributed by atoms with Gasteiger partial charge in [-0.15, -0.1) is 0 Å². The molecular formula is C32H24FNO4. The van der Waals surface area contributed by atoms with Gasteiger partial charge in [0.15, 0.2) is 5.43 Å². The molecular weight excluding hydrogens is 481 g/mol. The third-order valence-electron chi connectivity index (χ3n) is 6.81. The first-order chi connectivity index (χ1) is 18.5. The summed E-state index contributed by atoms with van der Waals surface area (Å²) in [6.45, 7) is 2.47. The number of aryl methyl sites for hydroxylation is 1. The summed E-state index contributed by atoms with van der Waals surface area (Å²) in [6.07, 6.45) is 0. The van der Waals surface area contributed by atoms with Crippen LogP contribution in [0.5, 0.6) is 5.75 Å². The highest BCUT2D eigenvalue weighted by Crippen LogP contribution is 2.40. The zero-order chi connectivity index (χ0) is 26.2. The molecule has 0 spiro atoms. The second kappa shape index (κ2) is 9.63. The van der Waals surface area contributed by atoms with Crippen molar-refractivity contribution >= 4 is 16.9 Å². The average Bonchev–Trinajstić information content (AvgIpc) is 3.21. The van der Waals surface area contributed by atoms with E-state index in [9.17, 15) is 14.0 Å². The number of hydrogen-bond donors (Lipinski definition) is 0. The van der Waals surface area contributed by atoms with Crippen molar-refractivity contribution < 1.29 is 18.3 Å². The molecule has 0 saturated carbocycles. The van der Waals surface area contributed by atoms with Gasteiger partial charge < -0.3 is 14.1 Å². The molecule has 1 atom stereocenters. The molecule has 2 heterocycles. The van der Waals surface area contributed by atoms with Gasteiger partial charge in [-0.25, -0.2) is 4.39 Å². The molecule has 4 aromatic carbocycles. The van der Waals surface area contributed by atoms with E-state index in [0.29, 0.717) is 28.9 Å². The van der Waals surface area contributed by atoms with Gasteiger partial charge in [0, 0.05) is 6.54 Å². The van der Waals surface area contributed by atoms with E-state index in [2.05, 4.69) is 0 Å². The lowest BCUT2D eigenvalue weighted by atomic mass is 9.97. The number of fused-ring (bicyclic) bond motifs is 2. The summed E-state index contributed by atoms with van der Waals surface area (Å²) in [5.41, 5.74) is 3.85. The van der Waals surface area contributed by atoms with Gasteiger partial charge in [-0.2, -0.15) is 0 Å². The minimum atomic E-state index is -0.691. The van der Waals surface area contributed by atoms with Crippen molar-refractivity contribution in [2.75, 3.05) is 0 Å². The molecule has 5 nitrogen and oxygen atoms in total. The summed E-state index contributed by atoms with van der Waals surface area (Å²) in [4.78, 5) is 29.1. The average molecular weight is 506 g/mol. The third-order valence-corrected chi connectivity index (χ3v) is 6.81. The first-order valence-electron chi connectivity index (χ1n) is 12.4. The molecule has 5 aromatic rings. The summed E-state index contributed by atoms with van der Waals surface area (Å²) in [7, 11) is 0. The van der Waals surface area contributed by atoms with Gasteiger partial charge in [0.1, 0.15) is 23.8 Å². The second-order valence-electron chi connectivity index (χ2n) is 9.48. The van der Waals surface area contributed by atoms with Crippen LogP contribution >= 0.6 is 0 Å². The predicted molar refractivity (Wildman–Crippen MR) is 143 cm³/mol. The number of hydrogen-bond acceptors (Lipinski definition) is 4. The Morgan fingerprint density at radius 3 is 2.45 bits per heavy atom. The highest BCUT2D eigenvalue weighted by molar-refractivity contribution is 5.99. The van der Waals surface area contributed by atoms with Crippen LogP contribution in [0.3, 0.4) is 0 Å². The van der Waals surface area contributed by atoms with Gasteiger partial charge in [-0.1, -0.05) is 66.2 Å². The van der Waals surface area contributed by atoms with Gasteiger partial charge in [0.25, 0.3) is 5.91 Å². The molecule has 0 saturated heterocycles. The number of nitrogens with zero attached hydrogens (tertiary/aromatic N) is 1. The van der Waals surface area contributed by atoms with Crippen LogP contribution < -0.4 is 10.2 Å². The van der Waals surface area contributed by atoms with Gasteiger partial charge in [0.05, 0.1) is 17.0 Å². The van der Waals surface area contributed by atoms with E-state index in [-0.39, 0.29) is 29.5 Å². The number of ether oxygens (including phenoxy) is 1. The molecule has 38 heavy (non-hydrogen) atoms. The van der Waals surface area contributed by atoms with Crippen molar-refractivity contribution in [3.05, 3.63) is 147 Å². The molecule has 1 unspecified atom stereocenters. The summed E-state index contributed by atoms with van der Waals surface area (Å²) in [6, 6.07) is 27.9. The van der Waals surface area contributed by atoms with Crippen LogP contribution in [-0.4, -0.2) is 10.8 Å². The fourth-order valence-corrected chi connectivity index (χ4v) is 4.95. The number of amides is 1. The molecule has 1 aliphatic rings. The quantitative estimate of drug-likeness (QED) is 0.262. The van der Waals surface area contributed by atoms with E-state index >= 15 is 0 Å². The van der Waals surface area contributed by atoms with E-state index in [1.165, 1.54) is 12.1 Å². The summed E-state index contributed by atoms with van der Waals surface area (Å²) < 4.78 is 25.7. The monoisotopic (exact) mass is 505 g/mol. The van der Waals surface area contributed by atoms with Crippen molar-refractivity contribution in [3.8, 4) is 5.75 Å². The Morgan fingerprint density at radius 2 is 1.66 bits per heavy atom. The van der Waals surface area contributed by atoms with Crippen LogP contribution in [-0.2, 0) is 13.2 Å². The van der Waals surface area contributed by atoms with Crippen LogP contribution in [0.25, 0.3) is 11.0 Å². The van der Waals surface area contributed by atoms with Crippen molar-refractivity contribution in [2.45, 2.75) is 26.1 Å². The molecule has 1 amide bonds. The summed E-state index contributed by atoms with van der Waals surface area (Å²) in [5.74, 6) is -0.0864. The Labute approximate surface area is 218 Å². The van der Waals surface area contributed by atoms with Gasteiger partial charge in [-0.3, -0.25) is 9.59 Å². The number of benzene rings is 4. The van der Waals surface area contributed by atoms with E-state index in [0.717, 1.165) is 22.3 Å². The standard InChI is InChI=1S/C32H24FNO4/c1-20-10-15-27-26(16-20)30(35)28-29(23-8-5-9-25(17-23)37-19-22-6-3-2-4-7-22)34(32(36)31(28)38-27)18-21-11-13-24(33)14-12-21/h2-17,29H,18-19H2,1H3. The minimum Gasteiger partial charge on any atom is -0.489 e. The zero-order valence-electron chi connectivity index (χ0n) is 20.7. The molecule has 0 N–H and O–H groups in total. The predicted octanol–water partition coefficient (Wildman–Crippen LogP) is 6.56. The summed E-state index contributed by atoms with van der Waals surface area (Å²) >= 11 is 0. The maximum Gasteiger partial charge on any atom is 0.291 e. The lowest BCUT2D eigenvalue weighted by molar-refractivity contribution is 0.0714. The Bertz CT molecular complexity index is 1710. The Kier molecular flexibility index (Phi) is 6.00. The first kappa shape index (κ1) is 23.7. The lowest BCUT2D eigenvalue weighted by Gasteiger charge is -2.25. The zero-order valence-corrected chi connectivity index (χ0v) is 20.7. The number of rotatable bonds is 6. The highest BCUT2D eigenvalue weighted by Gasteiger charge is 2.42. The smallest absolute Gasteiger partial charge is 0.291 e. The number of carbonyl (C=O) groups is 1. The van der Waals surface area contributed by atoms with Crippen LogP contribution in [0.1, 0.15) is 44.4 Å². The minimum absolute atomic E-state index is 0.0362. The van der Waals surface area contributed by atoms with Crippen molar-refractivity contribution in [1.82, 2.24) is 4.90 Å². The van der Waals surface area contributed by atoms with Crippen LogP contribution in [0.15, 0.2) is 106 Å². The topological polar surface area (TPSA) is 59.8 Å². The second-order valence-corrected chi connectivity index (χ2v) is 9.48. The normalized spacial score (nSPS) is 14.6. The maximum absolute atomic E-state index is 13.8. The third kappa shape index (κ3) is 4.34. The molecule has 0 aliphatic carbocycles. The highest BCUT2D eigenvalue weighted by atomic mass is 19.1. The van der Waals surface area contributed by atoms with E-state index in [1.54, 1.807) is 29.2 Å². The van der Waals surface area contributed by atoms with E-state index < -0.39 is 6.04 Å². The molecule has 188 valence electrons. The lowest BCUT2D eigenvalue weighted by Crippen LogP contribution is -2.29. The molecule has 6 heteroatoms. The van der Waals surface area contributed by atoms with Gasteiger partial charge >= 0.3 is 0 Å². The Balaban J connectivity index is 1.45. The molecule has 6 rings (SSSR count). The maximum atomic E-state index is 13.8. The van der Waals surface area contributed by atoms with Gasteiger partial charge in [0.2, 0.25) is 5.76 Å². The molecule has 0 radical (unpaired) electrons. The van der Waals surface area contributed by atoms with Gasteiger partial charge in [-0.05, 0) is 60.0 Å². The fraction of sp³-hybridized carbons (Fsp3) is 0.125. The number of carbonyl (C=O) groups excluding carboxylic acids is 1. The fourth-order valence-electron chi connectivity index (χ4n) is 4.95. The van der Waals surface area contributed by atoms with Crippen molar-refractivity contribution in [1.29, 1.82) is 0 Å². The molecule has 0 bridgehead atoms. The van der Waals surface area contributed by atoms with Crippen molar-refractivity contribution in [2.24, 2.45) is 0 Å². The van der Waals surface area contributed by atoms with Crippen LogP contribution in [0.2, 0.25) is 0 Å². The molecule has 1 aliphatic heterocycles. The largest absolute Gasteiger partial charge is 0.489 e. The first-order valence-corrected chi connectivity index (χ1v) is 12.4. The van der Waals surface area contributed by atoms with E-state index in [4.69, 9.17) is 9.15 Å². The van der Waals surface area contributed by atoms with Crippen molar-refractivity contribution in [3.63, 3.8) is 0 Å².